The molecule has 0 saturated carbocycles. The number of hydrogen-bond donors (Lipinski definition) is 0. The van der Waals surface area contributed by atoms with Crippen molar-refractivity contribution in [2.45, 2.75) is 6.92 Å². The zero-order chi connectivity index (χ0) is 6.15. The van der Waals surface area contributed by atoms with E-state index in [4.69, 9.17) is 0 Å². The molecule has 1 heterocycles. The van der Waals surface area contributed by atoms with Crippen LogP contribution in [0.2, 0.25) is 0 Å². The summed E-state index contributed by atoms with van der Waals surface area (Å²) in [6.07, 6.45) is 0. The van der Waals surface area contributed by atoms with Gasteiger partial charge in [-0.3, -0.25) is 0 Å². The second kappa shape index (κ2) is 1.85. The molecule has 1 aromatic rings. The van der Waals surface area contributed by atoms with Crippen molar-refractivity contribution in [2.24, 2.45) is 7.05 Å². The Hall–Kier alpha value is -0.380. The number of hydrogen-bond acceptors (Lipinski definition) is 2. The van der Waals surface area contributed by atoms with Crippen molar-refractivity contribution >= 4 is 15.9 Å². The van der Waals surface area contributed by atoms with Gasteiger partial charge in [0.2, 0.25) is 0 Å². The van der Waals surface area contributed by atoms with Crippen LogP contribution in [0, 0.1) is 6.92 Å². The Morgan fingerprint density at radius 1 is 1.50 bits per heavy atom. The summed E-state index contributed by atoms with van der Waals surface area (Å²) in [5.74, 6) is 0.914. The molecular formula is C4H6BrN3. The van der Waals surface area contributed by atoms with Gasteiger partial charge in [-0.25, -0.2) is 0 Å². The maximum Gasteiger partial charge on any atom is 0.199 e. The molecule has 0 aromatic carbocycles. The van der Waals surface area contributed by atoms with Crippen molar-refractivity contribution in [1.29, 1.82) is 0 Å². The monoisotopic (exact) mass is 175 g/mol. The van der Waals surface area contributed by atoms with Crippen molar-refractivity contribution in [3.8, 4) is 0 Å². The Morgan fingerprint density at radius 2 is 2.12 bits per heavy atom. The highest BCUT2D eigenvalue weighted by atomic mass is 79.9. The largest absolute Gasteiger partial charge is 0.309 e. The van der Waals surface area contributed by atoms with E-state index in [0.29, 0.717) is 0 Å². The lowest BCUT2D eigenvalue weighted by Crippen LogP contribution is -1.89. The Labute approximate surface area is 55.9 Å². The predicted molar refractivity (Wildman–Crippen MR) is 33.4 cm³/mol. The first-order chi connectivity index (χ1) is 3.72. The fourth-order valence-corrected chi connectivity index (χ4v) is 0.717. The Balaban J connectivity index is 3.19. The number of aromatic nitrogens is 3. The molecule has 0 bridgehead atoms. The minimum absolute atomic E-state index is 0.773. The molecule has 1 rings (SSSR count). The molecular weight excluding hydrogens is 170 g/mol. The van der Waals surface area contributed by atoms with Gasteiger partial charge in [-0.1, -0.05) is 0 Å². The summed E-state index contributed by atoms with van der Waals surface area (Å²) >= 11 is 3.21. The predicted octanol–water partition coefficient (Wildman–Crippen LogP) is 0.886. The molecule has 0 saturated heterocycles. The van der Waals surface area contributed by atoms with Crippen molar-refractivity contribution in [3.05, 3.63) is 10.6 Å². The molecule has 0 aliphatic carbocycles. The van der Waals surface area contributed by atoms with Crippen molar-refractivity contribution < 1.29 is 0 Å². The van der Waals surface area contributed by atoms with Gasteiger partial charge in [0.05, 0.1) is 0 Å². The van der Waals surface area contributed by atoms with Gasteiger partial charge in [-0.2, -0.15) is 0 Å². The van der Waals surface area contributed by atoms with Gasteiger partial charge in [-0.15, -0.1) is 10.2 Å². The van der Waals surface area contributed by atoms with Gasteiger partial charge in [0.25, 0.3) is 0 Å². The fraction of sp³-hybridized carbons (Fsp3) is 0.500. The zero-order valence-electron chi connectivity index (χ0n) is 4.72. The van der Waals surface area contributed by atoms with Crippen LogP contribution >= 0.6 is 15.9 Å². The van der Waals surface area contributed by atoms with Crippen LogP contribution in [0.25, 0.3) is 0 Å². The van der Waals surface area contributed by atoms with E-state index < -0.39 is 0 Å². The van der Waals surface area contributed by atoms with E-state index in [1.54, 1.807) is 0 Å². The summed E-state index contributed by atoms with van der Waals surface area (Å²) in [7, 11) is 1.90. The number of rotatable bonds is 0. The van der Waals surface area contributed by atoms with Crippen LogP contribution < -0.4 is 0 Å². The highest BCUT2D eigenvalue weighted by Crippen LogP contribution is 2.03. The molecule has 4 heteroatoms. The number of halogens is 1. The van der Waals surface area contributed by atoms with Crippen LogP contribution in [-0.2, 0) is 7.05 Å². The molecule has 0 aliphatic rings. The zero-order valence-corrected chi connectivity index (χ0v) is 6.31. The SMILES string of the molecule is Cc1nnc(Br)n1C. The Kier molecular flexibility index (Phi) is 1.33. The van der Waals surface area contributed by atoms with Gasteiger partial charge >= 0.3 is 0 Å². The van der Waals surface area contributed by atoms with Crippen LogP contribution in [0.4, 0.5) is 0 Å². The summed E-state index contributed by atoms with van der Waals surface area (Å²) in [5.41, 5.74) is 0. The first-order valence-electron chi connectivity index (χ1n) is 2.23. The molecule has 44 valence electrons. The topological polar surface area (TPSA) is 30.7 Å². The molecule has 0 unspecified atom stereocenters. The fourth-order valence-electron chi connectivity index (χ4n) is 0.381. The molecule has 0 fully saturated rings. The molecule has 8 heavy (non-hydrogen) atoms. The van der Waals surface area contributed by atoms with Crippen molar-refractivity contribution in [1.82, 2.24) is 14.8 Å². The molecule has 0 atom stereocenters. The van der Waals surface area contributed by atoms with E-state index in [9.17, 15) is 0 Å². The van der Waals surface area contributed by atoms with E-state index in [-0.39, 0.29) is 0 Å². The smallest absolute Gasteiger partial charge is 0.199 e. The van der Waals surface area contributed by atoms with Gasteiger partial charge in [0.1, 0.15) is 5.82 Å². The van der Waals surface area contributed by atoms with E-state index in [2.05, 4.69) is 26.1 Å². The second-order valence-corrected chi connectivity index (χ2v) is 2.28. The lowest BCUT2D eigenvalue weighted by Gasteiger charge is -1.89. The lowest BCUT2D eigenvalue weighted by atomic mass is 10.7. The van der Waals surface area contributed by atoms with E-state index >= 15 is 0 Å². The number of nitrogens with zero attached hydrogens (tertiary/aromatic N) is 3. The summed E-state index contributed by atoms with van der Waals surface area (Å²) in [6.45, 7) is 1.90. The van der Waals surface area contributed by atoms with Crippen LogP contribution in [0.1, 0.15) is 5.82 Å². The second-order valence-electron chi connectivity index (χ2n) is 1.58. The van der Waals surface area contributed by atoms with Gasteiger partial charge in [0.15, 0.2) is 4.73 Å². The Bertz CT molecular complexity index is 174. The highest BCUT2D eigenvalue weighted by molar-refractivity contribution is 9.10. The van der Waals surface area contributed by atoms with Crippen LogP contribution in [-0.4, -0.2) is 14.8 Å². The van der Waals surface area contributed by atoms with Crippen LogP contribution in [0.15, 0.2) is 4.73 Å². The molecule has 1 aromatic heterocycles. The minimum atomic E-state index is 0.773. The quantitative estimate of drug-likeness (QED) is 0.587. The third kappa shape index (κ3) is 0.753. The molecule has 3 nitrogen and oxygen atoms in total. The highest BCUT2D eigenvalue weighted by Gasteiger charge is 1.96. The summed E-state index contributed by atoms with van der Waals surface area (Å²) in [5, 5.41) is 7.53. The summed E-state index contributed by atoms with van der Waals surface area (Å²) in [6, 6.07) is 0. The van der Waals surface area contributed by atoms with Crippen LogP contribution in [0.5, 0.6) is 0 Å². The third-order valence-electron chi connectivity index (χ3n) is 1.04. The van der Waals surface area contributed by atoms with Gasteiger partial charge < -0.3 is 4.57 Å². The maximum absolute atomic E-state index is 3.78. The van der Waals surface area contributed by atoms with Crippen LogP contribution in [0.3, 0.4) is 0 Å². The lowest BCUT2D eigenvalue weighted by molar-refractivity contribution is 0.838. The third-order valence-corrected chi connectivity index (χ3v) is 1.73. The molecule has 0 N–H and O–H groups in total. The molecule has 0 aliphatic heterocycles. The normalized spacial score (nSPS) is 9.88. The standard InChI is InChI=1S/C4H6BrN3/c1-3-6-7-4(5)8(3)2/h1-2H3. The average Bonchev–Trinajstić information content (AvgIpc) is 1.98. The van der Waals surface area contributed by atoms with E-state index in [1.807, 2.05) is 18.5 Å². The molecule has 0 amide bonds. The first kappa shape index (κ1) is 5.75. The average molecular weight is 176 g/mol. The summed E-state index contributed by atoms with van der Waals surface area (Å²) in [4.78, 5) is 0. The number of aryl methyl sites for hydroxylation is 1. The van der Waals surface area contributed by atoms with E-state index in [0.717, 1.165) is 10.6 Å². The Morgan fingerprint density at radius 3 is 2.25 bits per heavy atom. The molecule has 0 spiro atoms. The molecule has 0 radical (unpaired) electrons. The summed E-state index contributed by atoms with van der Waals surface area (Å²) < 4.78 is 2.63. The van der Waals surface area contributed by atoms with E-state index in [1.165, 1.54) is 0 Å². The maximum atomic E-state index is 3.78. The minimum Gasteiger partial charge on any atom is -0.309 e. The van der Waals surface area contributed by atoms with Gasteiger partial charge in [-0.05, 0) is 22.9 Å². The van der Waals surface area contributed by atoms with Crippen molar-refractivity contribution in [2.75, 3.05) is 0 Å². The van der Waals surface area contributed by atoms with Gasteiger partial charge in [0, 0.05) is 7.05 Å². The first-order valence-corrected chi connectivity index (χ1v) is 3.02. The van der Waals surface area contributed by atoms with Crippen molar-refractivity contribution in [3.63, 3.8) is 0 Å².